The van der Waals surface area contributed by atoms with Crippen LogP contribution in [0.5, 0.6) is 0 Å². The topological polar surface area (TPSA) is 63.7 Å². The first kappa shape index (κ1) is 15.4. The van der Waals surface area contributed by atoms with Gasteiger partial charge in [0.05, 0.1) is 30.7 Å². The second-order valence-electron chi connectivity index (χ2n) is 6.42. The molecule has 2 aromatic rings. The molecule has 2 aliphatic heterocycles. The minimum atomic E-state index is -0.0410. The van der Waals surface area contributed by atoms with Crippen LogP contribution in [0.3, 0.4) is 0 Å². The maximum absolute atomic E-state index is 12.7. The molecule has 0 N–H and O–H groups in total. The van der Waals surface area contributed by atoms with E-state index in [-0.39, 0.29) is 18.1 Å². The Morgan fingerprint density at radius 3 is 3.04 bits per heavy atom. The molecule has 0 unspecified atom stereocenters. The summed E-state index contributed by atoms with van der Waals surface area (Å²) in [5, 5.41) is 4.23. The molecule has 2 aromatic heterocycles. The molecule has 4 heterocycles. The number of ether oxygens (including phenoxy) is 1. The summed E-state index contributed by atoms with van der Waals surface area (Å²) in [4.78, 5) is 17.0. The van der Waals surface area contributed by atoms with Crippen molar-refractivity contribution in [2.45, 2.75) is 25.1 Å². The summed E-state index contributed by atoms with van der Waals surface area (Å²) in [6.45, 7) is 3.82. The van der Waals surface area contributed by atoms with Gasteiger partial charge in [0.2, 0.25) is 0 Å². The van der Waals surface area contributed by atoms with Crippen LogP contribution in [-0.2, 0) is 18.3 Å². The Hall–Kier alpha value is -2.12. The zero-order chi connectivity index (χ0) is 16.5. The summed E-state index contributed by atoms with van der Waals surface area (Å²) >= 11 is 0. The number of aryl methyl sites for hydroxylation is 1. The van der Waals surface area contributed by atoms with Gasteiger partial charge in [-0.25, -0.2) is 0 Å². The van der Waals surface area contributed by atoms with Crippen molar-refractivity contribution in [2.24, 2.45) is 7.05 Å². The Kier molecular flexibility index (Phi) is 4.12. The first-order valence-electron chi connectivity index (χ1n) is 8.37. The fourth-order valence-electron chi connectivity index (χ4n) is 3.66. The van der Waals surface area contributed by atoms with Crippen LogP contribution in [0.2, 0.25) is 0 Å². The molecule has 0 bridgehead atoms. The van der Waals surface area contributed by atoms with Gasteiger partial charge in [-0.05, 0) is 24.6 Å². The van der Waals surface area contributed by atoms with Gasteiger partial charge in [0.1, 0.15) is 0 Å². The lowest BCUT2D eigenvalue weighted by atomic mass is 9.98. The number of furan rings is 1. The van der Waals surface area contributed by atoms with E-state index in [1.165, 1.54) is 5.69 Å². The van der Waals surface area contributed by atoms with E-state index in [9.17, 15) is 4.79 Å². The number of hydrogen-bond acceptors (Lipinski definition) is 5. The third-order valence-corrected chi connectivity index (χ3v) is 4.97. The van der Waals surface area contributed by atoms with E-state index < -0.39 is 0 Å². The average Bonchev–Trinajstić information content (AvgIpc) is 3.26. The maximum atomic E-state index is 12.7. The van der Waals surface area contributed by atoms with Crippen LogP contribution in [0.15, 0.2) is 35.1 Å². The Morgan fingerprint density at radius 2 is 2.29 bits per heavy atom. The lowest BCUT2D eigenvalue weighted by Crippen LogP contribution is -2.61. The molecular formula is C17H22N4O3. The highest BCUT2D eigenvalue weighted by Gasteiger charge is 2.40. The highest BCUT2D eigenvalue weighted by atomic mass is 16.5. The molecule has 0 spiro atoms. The number of fused-ring (bicyclic) bond motifs is 1. The van der Waals surface area contributed by atoms with Gasteiger partial charge < -0.3 is 14.1 Å². The van der Waals surface area contributed by atoms with Crippen LogP contribution in [0.1, 0.15) is 22.7 Å². The van der Waals surface area contributed by atoms with Crippen molar-refractivity contribution in [1.82, 2.24) is 19.6 Å². The molecule has 1 amide bonds. The molecule has 2 saturated heterocycles. The number of hydrogen-bond donors (Lipinski definition) is 0. The standard InChI is InChI=1S/C17H22N4O3/c1-19-13(4-6-18-19)11-20-7-5-15-14(12-20)21(8-10-24-15)17(22)16-3-2-9-23-16/h2-4,6,9,14-15H,5,7-8,10-12H2,1H3/t14-,15-/m0/s1. The van der Waals surface area contributed by atoms with Crippen molar-refractivity contribution in [3.63, 3.8) is 0 Å². The van der Waals surface area contributed by atoms with Crippen molar-refractivity contribution >= 4 is 5.91 Å². The van der Waals surface area contributed by atoms with Crippen molar-refractivity contribution in [2.75, 3.05) is 26.2 Å². The largest absolute Gasteiger partial charge is 0.459 e. The first-order valence-corrected chi connectivity index (χ1v) is 8.37. The van der Waals surface area contributed by atoms with Gasteiger partial charge in [0.25, 0.3) is 5.91 Å². The summed E-state index contributed by atoms with van der Waals surface area (Å²) < 4.78 is 13.1. The van der Waals surface area contributed by atoms with Crippen LogP contribution in [0.4, 0.5) is 0 Å². The quantitative estimate of drug-likeness (QED) is 0.844. The summed E-state index contributed by atoms with van der Waals surface area (Å²) in [7, 11) is 1.96. The number of rotatable bonds is 3. The normalized spacial score (nSPS) is 24.8. The van der Waals surface area contributed by atoms with Crippen molar-refractivity contribution in [1.29, 1.82) is 0 Å². The molecule has 7 heteroatoms. The molecule has 2 aliphatic rings. The monoisotopic (exact) mass is 330 g/mol. The van der Waals surface area contributed by atoms with Crippen LogP contribution in [-0.4, -0.2) is 63.9 Å². The average molecular weight is 330 g/mol. The number of carbonyl (C=O) groups is 1. The maximum Gasteiger partial charge on any atom is 0.290 e. The number of carbonyl (C=O) groups excluding carboxylic acids is 1. The van der Waals surface area contributed by atoms with Gasteiger partial charge in [0, 0.05) is 39.4 Å². The van der Waals surface area contributed by atoms with Crippen LogP contribution in [0.25, 0.3) is 0 Å². The van der Waals surface area contributed by atoms with E-state index >= 15 is 0 Å². The summed E-state index contributed by atoms with van der Waals surface area (Å²) in [6.07, 6.45) is 4.41. The van der Waals surface area contributed by atoms with Crippen molar-refractivity contribution in [3.8, 4) is 0 Å². The van der Waals surface area contributed by atoms with Crippen LogP contribution >= 0.6 is 0 Å². The summed E-state index contributed by atoms with van der Waals surface area (Å²) in [6, 6.07) is 5.58. The van der Waals surface area contributed by atoms with E-state index in [2.05, 4.69) is 10.00 Å². The van der Waals surface area contributed by atoms with Gasteiger partial charge in [-0.3, -0.25) is 14.4 Å². The van der Waals surface area contributed by atoms with E-state index in [0.717, 1.165) is 26.1 Å². The Balaban J connectivity index is 1.49. The van der Waals surface area contributed by atoms with Crippen molar-refractivity contribution in [3.05, 3.63) is 42.1 Å². The second-order valence-corrected chi connectivity index (χ2v) is 6.42. The van der Waals surface area contributed by atoms with E-state index in [0.29, 0.717) is 18.9 Å². The number of aromatic nitrogens is 2. The molecule has 0 saturated carbocycles. The van der Waals surface area contributed by atoms with Gasteiger partial charge >= 0.3 is 0 Å². The molecule has 24 heavy (non-hydrogen) atoms. The predicted octanol–water partition coefficient (Wildman–Crippen LogP) is 1.13. The minimum Gasteiger partial charge on any atom is -0.459 e. The lowest BCUT2D eigenvalue weighted by Gasteiger charge is -2.46. The minimum absolute atomic E-state index is 0.0410. The number of morpholine rings is 1. The van der Waals surface area contributed by atoms with E-state index in [4.69, 9.17) is 9.15 Å². The van der Waals surface area contributed by atoms with Gasteiger partial charge in [-0.1, -0.05) is 0 Å². The smallest absolute Gasteiger partial charge is 0.290 e. The van der Waals surface area contributed by atoms with Gasteiger partial charge in [-0.2, -0.15) is 5.10 Å². The SMILES string of the molecule is Cn1nccc1CN1CC[C@@H]2OCCN(C(=O)c3ccco3)[C@H]2C1. The highest BCUT2D eigenvalue weighted by molar-refractivity contribution is 5.91. The molecule has 0 radical (unpaired) electrons. The second kappa shape index (κ2) is 6.41. The highest BCUT2D eigenvalue weighted by Crippen LogP contribution is 2.25. The summed E-state index contributed by atoms with van der Waals surface area (Å²) in [5.74, 6) is 0.361. The molecule has 2 fully saturated rings. The molecule has 0 aliphatic carbocycles. The zero-order valence-electron chi connectivity index (χ0n) is 13.8. The number of nitrogens with zero attached hydrogens (tertiary/aromatic N) is 4. The predicted molar refractivity (Wildman–Crippen MR) is 86.4 cm³/mol. The van der Waals surface area contributed by atoms with Gasteiger partial charge in [-0.15, -0.1) is 0 Å². The molecule has 2 atom stereocenters. The fraction of sp³-hybridized carbons (Fsp3) is 0.529. The van der Waals surface area contributed by atoms with Gasteiger partial charge in [0.15, 0.2) is 5.76 Å². The molecular weight excluding hydrogens is 308 g/mol. The molecule has 128 valence electrons. The number of likely N-dealkylation sites (tertiary alicyclic amines) is 1. The Bertz CT molecular complexity index is 697. The van der Waals surface area contributed by atoms with Crippen LogP contribution < -0.4 is 0 Å². The lowest BCUT2D eigenvalue weighted by molar-refractivity contribution is -0.0922. The third kappa shape index (κ3) is 2.85. The van der Waals surface area contributed by atoms with Crippen molar-refractivity contribution < 1.29 is 13.9 Å². The first-order chi connectivity index (χ1) is 11.7. The third-order valence-electron chi connectivity index (χ3n) is 4.97. The number of amides is 1. The Morgan fingerprint density at radius 1 is 1.38 bits per heavy atom. The zero-order valence-corrected chi connectivity index (χ0v) is 13.8. The summed E-state index contributed by atoms with van der Waals surface area (Å²) in [5.41, 5.74) is 1.18. The van der Waals surface area contributed by atoms with E-state index in [1.54, 1.807) is 18.4 Å². The Labute approximate surface area is 140 Å². The van der Waals surface area contributed by atoms with Crippen LogP contribution in [0, 0.1) is 0 Å². The number of piperidine rings is 1. The van der Waals surface area contributed by atoms with E-state index in [1.807, 2.05) is 28.9 Å². The fourth-order valence-corrected chi connectivity index (χ4v) is 3.66. The molecule has 7 nitrogen and oxygen atoms in total. The molecule has 0 aromatic carbocycles. The molecule has 4 rings (SSSR count).